The number of amides is 1. The lowest BCUT2D eigenvalue weighted by Gasteiger charge is -2.34. The number of halogens is 2. The van der Waals surface area contributed by atoms with E-state index in [1.54, 1.807) is 29.1 Å². The van der Waals surface area contributed by atoms with Gasteiger partial charge >= 0.3 is 0 Å². The van der Waals surface area contributed by atoms with Gasteiger partial charge in [-0.25, -0.2) is 9.36 Å². The minimum absolute atomic E-state index is 0.0654. The Bertz CT molecular complexity index is 1400. The van der Waals surface area contributed by atoms with Crippen LogP contribution in [-0.4, -0.2) is 61.4 Å². The van der Waals surface area contributed by atoms with Gasteiger partial charge in [0.1, 0.15) is 5.75 Å². The molecular weight excluding hydrogens is 556 g/mol. The third-order valence-corrected chi connectivity index (χ3v) is 7.38. The van der Waals surface area contributed by atoms with E-state index in [9.17, 15) is 4.79 Å². The lowest BCUT2D eigenvalue weighted by Crippen LogP contribution is -2.48. The van der Waals surface area contributed by atoms with Crippen LogP contribution in [0.2, 0.25) is 5.02 Å². The van der Waals surface area contributed by atoms with Gasteiger partial charge in [-0.1, -0.05) is 45.7 Å². The Kier molecular flexibility index (Phi) is 7.64. The van der Waals surface area contributed by atoms with Crippen LogP contribution >= 0.6 is 27.5 Å². The predicted molar refractivity (Wildman–Crippen MR) is 146 cm³/mol. The summed E-state index contributed by atoms with van der Waals surface area (Å²) in [5.41, 5.74) is 4.91. The second-order valence-corrected chi connectivity index (χ2v) is 10.4. The quantitative estimate of drug-likeness (QED) is 0.303. The maximum Gasteiger partial charge on any atom is 0.274 e. The highest BCUT2D eigenvalue weighted by Crippen LogP contribution is 2.28. The standard InChI is InChI=1S/C27H28BrClN6O2/c1-19-23(20(2)35(30-19)22-6-4-3-5-7-22)17-32-12-14-33(15-13-32)27(36)25-10-11-34(31-25)18-37-26-9-8-21(28)16-24(26)29/h3-11,16H,12-15,17-18H2,1-2H3. The topological polar surface area (TPSA) is 68.4 Å². The van der Waals surface area contributed by atoms with Gasteiger partial charge in [0.25, 0.3) is 5.91 Å². The number of piperazine rings is 1. The van der Waals surface area contributed by atoms with Crippen molar-refractivity contribution in [1.29, 1.82) is 0 Å². The van der Waals surface area contributed by atoms with E-state index < -0.39 is 0 Å². The van der Waals surface area contributed by atoms with Crippen molar-refractivity contribution in [2.75, 3.05) is 26.2 Å². The summed E-state index contributed by atoms with van der Waals surface area (Å²) in [5, 5.41) is 9.69. The van der Waals surface area contributed by atoms with Gasteiger partial charge in [0.2, 0.25) is 0 Å². The second kappa shape index (κ2) is 11.1. The van der Waals surface area contributed by atoms with E-state index in [4.69, 9.17) is 21.4 Å². The molecule has 0 aliphatic carbocycles. The van der Waals surface area contributed by atoms with E-state index in [0.29, 0.717) is 29.6 Å². The zero-order chi connectivity index (χ0) is 25.9. The highest BCUT2D eigenvalue weighted by molar-refractivity contribution is 9.10. The number of aromatic nitrogens is 4. The van der Waals surface area contributed by atoms with Crippen molar-refractivity contribution in [3.05, 3.63) is 92.9 Å². The molecule has 0 saturated carbocycles. The Morgan fingerprint density at radius 1 is 1.03 bits per heavy atom. The molecule has 0 atom stereocenters. The summed E-state index contributed by atoms with van der Waals surface area (Å²) in [5.74, 6) is 0.494. The molecule has 0 bridgehead atoms. The van der Waals surface area contributed by atoms with E-state index in [2.05, 4.69) is 51.9 Å². The van der Waals surface area contributed by atoms with Crippen LogP contribution in [0, 0.1) is 13.8 Å². The van der Waals surface area contributed by atoms with Gasteiger partial charge in [-0.3, -0.25) is 9.69 Å². The van der Waals surface area contributed by atoms with Crippen molar-refractivity contribution in [2.24, 2.45) is 0 Å². The third-order valence-electron chi connectivity index (χ3n) is 6.59. The Balaban J connectivity index is 1.16. The molecule has 0 radical (unpaired) electrons. The first-order valence-corrected chi connectivity index (χ1v) is 13.3. The molecule has 1 saturated heterocycles. The number of benzene rings is 2. The molecule has 1 amide bonds. The van der Waals surface area contributed by atoms with Crippen LogP contribution in [-0.2, 0) is 13.3 Å². The molecule has 10 heteroatoms. The maximum absolute atomic E-state index is 13.1. The number of nitrogens with zero attached hydrogens (tertiary/aromatic N) is 6. The molecule has 1 fully saturated rings. The van der Waals surface area contributed by atoms with Gasteiger partial charge in [0, 0.05) is 54.7 Å². The molecular formula is C27H28BrClN6O2. The van der Waals surface area contributed by atoms with Crippen molar-refractivity contribution in [1.82, 2.24) is 29.4 Å². The molecule has 5 rings (SSSR count). The van der Waals surface area contributed by atoms with Crippen molar-refractivity contribution >= 4 is 33.4 Å². The first kappa shape index (κ1) is 25.5. The molecule has 1 aliphatic heterocycles. The van der Waals surface area contributed by atoms with Crippen LogP contribution in [0.15, 0.2) is 65.3 Å². The molecule has 0 N–H and O–H groups in total. The molecule has 0 spiro atoms. The molecule has 2 aromatic carbocycles. The highest BCUT2D eigenvalue weighted by atomic mass is 79.9. The molecule has 1 aliphatic rings. The summed E-state index contributed by atoms with van der Waals surface area (Å²) >= 11 is 9.59. The van der Waals surface area contributed by atoms with Gasteiger partial charge in [-0.05, 0) is 50.2 Å². The van der Waals surface area contributed by atoms with Crippen LogP contribution in [0.3, 0.4) is 0 Å². The molecule has 0 unspecified atom stereocenters. The smallest absolute Gasteiger partial charge is 0.274 e. The number of aryl methyl sites for hydroxylation is 1. The summed E-state index contributed by atoms with van der Waals surface area (Å²) in [6.07, 6.45) is 1.74. The maximum atomic E-state index is 13.1. The van der Waals surface area contributed by atoms with Crippen molar-refractivity contribution < 1.29 is 9.53 Å². The van der Waals surface area contributed by atoms with E-state index in [1.165, 1.54) is 5.56 Å². The summed E-state index contributed by atoms with van der Waals surface area (Å²) in [7, 11) is 0. The molecule has 8 nitrogen and oxygen atoms in total. The fourth-order valence-corrected chi connectivity index (χ4v) is 5.22. The van der Waals surface area contributed by atoms with Gasteiger partial charge < -0.3 is 9.64 Å². The molecule has 2 aromatic heterocycles. The Morgan fingerprint density at radius 3 is 2.51 bits per heavy atom. The van der Waals surface area contributed by atoms with Gasteiger partial charge in [0.15, 0.2) is 12.4 Å². The summed E-state index contributed by atoms with van der Waals surface area (Å²) in [4.78, 5) is 17.3. The fraction of sp³-hybridized carbons (Fsp3) is 0.296. The van der Waals surface area contributed by atoms with Gasteiger partial charge in [-0.15, -0.1) is 0 Å². The van der Waals surface area contributed by atoms with Crippen molar-refractivity contribution in [2.45, 2.75) is 27.1 Å². The van der Waals surface area contributed by atoms with E-state index in [0.717, 1.165) is 41.2 Å². The van der Waals surface area contributed by atoms with Crippen molar-refractivity contribution in [3.8, 4) is 11.4 Å². The number of hydrogen-bond acceptors (Lipinski definition) is 5. The average molecular weight is 584 g/mol. The summed E-state index contributed by atoms with van der Waals surface area (Å²) in [6.45, 7) is 8.07. The molecule has 37 heavy (non-hydrogen) atoms. The summed E-state index contributed by atoms with van der Waals surface area (Å²) < 4.78 is 10.2. The normalized spacial score (nSPS) is 14.2. The Labute approximate surface area is 229 Å². The van der Waals surface area contributed by atoms with E-state index in [1.807, 2.05) is 33.8 Å². The molecule has 4 aromatic rings. The molecule has 3 heterocycles. The number of para-hydroxylation sites is 1. The Morgan fingerprint density at radius 2 is 1.78 bits per heavy atom. The third kappa shape index (κ3) is 5.74. The highest BCUT2D eigenvalue weighted by Gasteiger charge is 2.25. The van der Waals surface area contributed by atoms with Crippen LogP contribution in [0.25, 0.3) is 5.69 Å². The minimum atomic E-state index is -0.0654. The monoisotopic (exact) mass is 582 g/mol. The summed E-state index contributed by atoms with van der Waals surface area (Å²) in [6, 6.07) is 17.3. The number of rotatable bonds is 7. The second-order valence-electron chi connectivity index (χ2n) is 9.05. The SMILES string of the molecule is Cc1nn(-c2ccccc2)c(C)c1CN1CCN(C(=O)c2ccn(COc3ccc(Br)cc3Cl)n2)CC1. The number of hydrogen-bond donors (Lipinski definition) is 0. The predicted octanol–water partition coefficient (Wildman–Crippen LogP) is 5.10. The van der Waals surface area contributed by atoms with E-state index in [-0.39, 0.29) is 12.6 Å². The fourth-order valence-electron chi connectivity index (χ4n) is 4.49. The van der Waals surface area contributed by atoms with E-state index >= 15 is 0 Å². The molecule has 192 valence electrons. The Hall–Kier alpha value is -3.14. The largest absolute Gasteiger partial charge is 0.470 e. The zero-order valence-electron chi connectivity index (χ0n) is 20.8. The number of carbonyl (C=O) groups excluding carboxylic acids is 1. The average Bonchev–Trinajstić information content (AvgIpc) is 3.49. The van der Waals surface area contributed by atoms with Crippen LogP contribution in [0.1, 0.15) is 27.4 Å². The van der Waals surface area contributed by atoms with Crippen LogP contribution < -0.4 is 4.74 Å². The number of ether oxygens (including phenoxy) is 1. The zero-order valence-corrected chi connectivity index (χ0v) is 23.1. The van der Waals surface area contributed by atoms with Crippen LogP contribution in [0.5, 0.6) is 5.75 Å². The van der Waals surface area contributed by atoms with Gasteiger partial charge in [0.05, 0.1) is 16.4 Å². The van der Waals surface area contributed by atoms with Crippen LogP contribution in [0.4, 0.5) is 0 Å². The first-order valence-electron chi connectivity index (χ1n) is 12.1. The lowest BCUT2D eigenvalue weighted by atomic mass is 10.1. The van der Waals surface area contributed by atoms with Crippen molar-refractivity contribution in [3.63, 3.8) is 0 Å². The van der Waals surface area contributed by atoms with Gasteiger partial charge in [-0.2, -0.15) is 10.2 Å². The first-order chi connectivity index (χ1) is 17.9. The number of carbonyl (C=O) groups is 1. The lowest BCUT2D eigenvalue weighted by molar-refractivity contribution is 0.0620. The minimum Gasteiger partial charge on any atom is -0.470 e.